The number of aromatic nitrogens is 5. The van der Waals surface area contributed by atoms with E-state index in [2.05, 4.69) is 25.6 Å². The molecule has 10 heteroatoms. The van der Waals surface area contributed by atoms with Crippen molar-refractivity contribution in [3.05, 3.63) is 60.3 Å². The number of nitrogens with one attached hydrogen (secondary N) is 2. The lowest BCUT2D eigenvalue weighted by Gasteiger charge is -2.40. The maximum atomic E-state index is 13.4. The second-order valence-corrected chi connectivity index (χ2v) is 8.09. The molecule has 1 aromatic carbocycles. The van der Waals surface area contributed by atoms with Gasteiger partial charge in [-0.3, -0.25) is 14.7 Å². The largest absolute Gasteiger partial charge is 0.352 e. The lowest BCUT2D eigenvalue weighted by Crippen LogP contribution is -2.63. The Hall–Kier alpha value is -4.08. The molecular formula is C22H20FN7O2. The number of carbonyl (C=O) groups is 2. The van der Waals surface area contributed by atoms with Gasteiger partial charge in [-0.05, 0) is 50.2 Å². The monoisotopic (exact) mass is 433 g/mol. The van der Waals surface area contributed by atoms with Gasteiger partial charge in [0.1, 0.15) is 17.1 Å². The molecule has 3 aromatic heterocycles. The summed E-state index contributed by atoms with van der Waals surface area (Å²) in [7, 11) is 0. The molecule has 5 rings (SSSR count). The van der Waals surface area contributed by atoms with Crippen LogP contribution in [0.1, 0.15) is 24.3 Å². The van der Waals surface area contributed by atoms with Gasteiger partial charge in [0.2, 0.25) is 5.91 Å². The predicted molar refractivity (Wildman–Crippen MR) is 114 cm³/mol. The Kier molecular flexibility index (Phi) is 4.50. The first-order valence-corrected chi connectivity index (χ1v) is 10.1. The Morgan fingerprint density at radius 1 is 1.19 bits per heavy atom. The summed E-state index contributed by atoms with van der Waals surface area (Å²) < 4.78 is 14.9. The van der Waals surface area contributed by atoms with Gasteiger partial charge in [0, 0.05) is 30.4 Å². The third kappa shape index (κ3) is 3.20. The minimum absolute atomic E-state index is 0.178. The molecule has 0 bridgehead atoms. The van der Waals surface area contributed by atoms with Crippen molar-refractivity contribution in [1.82, 2.24) is 35.0 Å². The second-order valence-electron chi connectivity index (χ2n) is 8.09. The summed E-state index contributed by atoms with van der Waals surface area (Å²) in [6.07, 6.45) is 3.17. The summed E-state index contributed by atoms with van der Waals surface area (Å²) in [6.45, 7) is 4.17. The zero-order valence-corrected chi connectivity index (χ0v) is 17.5. The van der Waals surface area contributed by atoms with E-state index in [1.165, 1.54) is 21.5 Å². The average Bonchev–Trinajstić information content (AvgIpc) is 3.45. The van der Waals surface area contributed by atoms with Crippen LogP contribution in [0.5, 0.6) is 0 Å². The van der Waals surface area contributed by atoms with Crippen LogP contribution in [0.4, 0.5) is 4.39 Å². The number of amides is 2. The second kappa shape index (κ2) is 7.26. The average molecular weight is 433 g/mol. The molecule has 1 saturated heterocycles. The Bertz CT molecular complexity index is 1330. The van der Waals surface area contributed by atoms with Crippen LogP contribution in [0.2, 0.25) is 0 Å². The van der Waals surface area contributed by atoms with E-state index in [1.54, 1.807) is 44.4 Å². The number of rotatable bonds is 3. The van der Waals surface area contributed by atoms with Crippen molar-refractivity contribution in [1.29, 1.82) is 0 Å². The molecule has 1 aliphatic heterocycles. The van der Waals surface area contributed by atoms with Crippen LogP contribution in [-0.2, 0) is 4.79 Å². The Balaban J connectivity index is 1.64. The van der Waals surface area contributed by atoms with Crippen molar-refractivity contribution in [2.45, 2.75) is 19.4 Å². The van der Waals surface area contributed by atoms with Crippen LogP contribution < -0.4 is 5.32 Å². The number of piperazine rings is 1. The number of carbonyl (C=O) groups excluding carboxylic acids is 2. The van der Waals surface area contributed by atoms with Crippen molar-refractivity contribution in [2.24, 2.45) is 0 Å². The van der Waals surface area contributed by atoms with Crippen LogP contribution in [0, 0.1) is 5.82 Å². The van der Waals surface area contributed by atoms with Gasteiger partial charge >= 0.3 is 0 Å². The number of H-pyrrole nitrogens is 1. The smallest absolute Gasteiger partial charge is 0.275 e. The summed E-state index contributed by atoms with van der Waals surface area (Å²) in [5, 5.41) is 14.3. The number of nitrogens with zero attached hydrogens (tertiary/aromatic N) is 5. The number of hydrogen-bond acceptors (Lipinski definition) is 5. The van der Waals surface area contributed by atoms with Crippen molar-refractivity contribution >= 4 is 17.5 Å². The van der Waals surface area contributed by atoms with E-state index in [0.717, 1.165) is 0 Å². The first-order chi connectivity index (χ1) is 15.3. The highest BCUT2D eigenvalue weighted by Gasteiger charge is 2.41. The Morgan fingerprint density at radius 2 is 1.97 bits per heavy atom. The highest BCUT2D eigenvalue weighted by molar-refractivity contribution is 5.99. The lowest BCUT2D eigenvalue weighted by molar-refractivity contribution is -0.133. The topological polar surface area (TPSA) is 108 Å². The third-order valence-electron chi connectivity index (χ3n) is 5.67. The third-order valence-corrected chi connectivity index (χ3v) is 5.67. The fourth-order valence-corrected chi connectivity index (χ4v) is 3.84. The van der Waals surface area contributed by atoms with E-state index in [-0.39, 0.29) is 23.3 Å². The van der Waals surface area contributed by atoms with Crippen LogP contribution in [0.3, 0.4) is 0 Å². The first-order valence-electron chi connectivity index (χ1n) is 10.1. The normalized spacial score (nSPS) is 15.7. The Labute approximate surface area is 182 Å². The molecule has 32 heavy (non-hydrogen) atoms. The maximum absolute atomic E-state index is 13.4. The molecule has 162 valence electrons. The van der Waals surface area contributed by atoms with Crippen LogP contribution in [0.25, 0.3) is 28.2 Å². The summed E-state index contributed by atoms with van der Waals surface area (Å²) >= 11 is 0. The SMILES string of the molecule is CC1(C)C(=O)NCCN1C(=O)c1cn2nc(-c3ccc(F)cc3)cc(-c3ccn[nH]3)c2n1. The fourth-order valence-electron chi connectivity index (χ4n) is 3.84. The number of halogens is 1. The molecule has 0 radical (unpaired) electrons. The van der Waals surface area contributed by atoms with Gasteiger partial charge in [-0.15, -0.1) is 0 Å². The van der Waals surface area contributed by atoms with E-state index in [9.17, 15) is 14.0 Å². The van der Waals surface area contributed by atoms with Gasteiger partial charge in [0.15, 0.2) is 5.65 Å². The summed E-state index contributed by atoms with van der Waals surface area (Å²) in [6, 6.07) is 9.61. The molecule has 9 nitrogen and oxygen atoms in total. The summed E-state index contributed by atoms with van der Waals surface area (Å²) in [5.74, 6) is -0.905. The maximum Gasteiger partial charge on any atom is 0.275 e. The molecule has 0 saturated carbocycles. The zero-order chi connectivity index (χ0) is 22.5. The van der Waals surface area contributed by atoms with Gasteiger partial charge in [-0.1, -0.05) is 0 Å². The van der Waals surface area contributed by atoms with Gasteiger partial charge in [0.05, 0.1) is 17.6 Å². The fraction of sp³-hybridized carbons (Fsp3) is 0.227. The Morgan fingerprint density at radius 3 is 2.69 bits per heavy atom. The van der Waals surface area contributed by atoms with Crippen LogP contribution >= 0.6 is 0 Å². The lowest BCUT2D eigenvalue weighted by atomic mass is 9.98. The van der Waals surface area contributed by atoms with Gasteiger partial charge in [0.25, 0.3) is 5.91 Å². The van der Waals surface area contributed by atoms with E-state index >= 15 is 0 Å². The number of hydrogen-bond donors (Lipinski definition) is 2. The standard InChI is InChI=1S/C22H20FN7O2/c1-22(2)21(32)24-9-10-29(22)20(31)18-12-30-19(26-18)15(16-7-8-25-27-16)11-17(28-30)13-3-5-14(23)6-4-13/h3-8,11-12H,9-10H2,1-2H3,(H,24,32)(H,25,27). The summed E-state index contributed by atoms with van der Waals surface area (Å²) in [5.41, 5.74) is 2.32. The van der Waals surface area contributed by atoms with Crippen LogP contribution in [-0.4, -0.2) is 60.1 Å². The van der Waals surface area contributed by atoms with E-state index < -0.39 is 5.54 Å². The molecular weight excluding hydrogens is 413 g/mol. The van der Waals surface area contributed by atoms with E-state index in [1.807, 2.05) is 6.07 Å². The molecule has 0 spiro atoms. The number of imidazole rings is 1. The molecule has 4 heterocycles. The molecule has 1 aliphatic rings. The number of benzene rings is 1. The molecule has 1 fully saturated rings. The zero-order valence-electron chi connectivity index (χ0n) is 17.5. The molecule has 2 amide bonds. The molecule has 4 aromatic rings. The molecule has 0 aliphatic carbocycles. The molecule has 0 unspecified atom stereocenters. The highest BCUT2D eigenvalue weighted by Crippen LogP contribution is 2.28. The highest BCUT2D eigenvalue weighted by atomic mass is 19.1. The molecule has 2 N–H and O–H groups in total. The minimum atomic E-state index is -0.996. The minimum Gasteiger partial charge on any atom is -0.352 e. The van der Waals surface area contributed by atoms with E-state index in [0.29, 0.717) is 41.3 Å². The number of aromatic amines is 1. The molecule has 0 atom stereocenters. The quantitative estimate of drug-likeness (QED) is 0.515. The first kappa shape index (κ1) is 19.9. The van der Waals surface area contributed by atoms with Gasteiger partial charge < -0.3 is 10.2 Å². The van der Waals surface area contributed by atoms with Crippen molar-refractivity contribution in [2.75, 3.05) is 13.1 Å². The van der Waals surface area contributed by atoms with Crippen molar-refractivity contribution < 1.29 is 14.0 Å². The number of fused-ring (bicyclic) bond motifs is 1. The predicted octanol–water partition coefficient (Wildman–Crippen LogP) is 2.28. The van der Waals surface area contributed by atoms with Gasteiger partial charge in [-0.25, -0.2) is 13.9 Å². The van der Waals surface area contributed by atoms with E-state index in [4.69, 9.17) is 0 Å². The van der Waals surface area contributed by atoms with Crippen molar-refractivity contribution in [3.8, 4) is 22.5 Å². The van der Waals surface area contributed by atoms with Crippen LogP contribution in [0.15, 0.2) is 48.8 Å². The summed E-state index contributed by atoms with van der Waals surface area (Å²) in [4.78, 5) is 31.7. The van der Waals surface area contributed by atoms with Gasteiger partial charge in [-0.2, -0.15) is 10.2 Å². The van der Waals surface area contributed by atoms with Crippen molar-refractivity contribution in [3.63, 3.8) is 0 Å².